The van der Waals surface area contributed by atoms with Crippen molar-refractivity contribution in [1.82, 2.24) is 9.79 Å². The summed E-state index contributed by atoms with van der Waals surface area (Å²) in [6, 6.07) is 6.37. The van der Waals surface area contributed by atoms with E-state index in [9.17, 15) is 23.2 Å². The third-order valence-electron chi connectivity index (χ3n) is 4.32. The summed E-state index contributed by atoms with van der Waals surface area (Å²) in [6.07, 6.45) is 3.07. The molecule has 0 aliphatic heterocycles. The maximum atomic E-state index is 12.5. The Morgan fingerprint density at radius 3 is 2.30 bits per heavy atom. The number of hydroxylamine groups is 2. The molecule has 0 aliphatic rings. The van der Waals surface area contributed by atoms with E-state index in [2.05, 4.69) is 4.72 Å². The summed E-state index contributed by atoms with van der Waals surface area (Å²) in [7, 11) is -4.03. The molecule has 0 bridgehead atoms. The van der Waals surface area contributed by atoms with Crippen molar-refractivity contribution in [3.8, 4) is 0 Å². The molecule has 1 aromatic rings. The van der Waals surface area contributed by atoms with Crippen LogP contribution in [0.15, 0.2) is 29.2 Å². The van der Waals surface area contributed by atoms with Crippen LogP contribution < -0.4 is 4.72 Å². The molecular formula is C19H30N2O5S. The first kappa shape index (κ1) is 23.1. The van der Waals surface area contributed by atoms with Crippen LogP contribution in [-0.2, 0) is 25.0 Å². The van der Waals surface area contributed by atoms with Gasteiger partial charge in [0.2, 0.25) is 12.3 Å². The Labute approximate surface area is 161 Å². The van der Waals surface area contributed by atoms with Crippen LogP contribution >= 0.6 is 0 Å². The van der Waals surface area contributed by atoms with E-state index in [1.54, 1.807) is 12.1 Å². The highest BCUT2D eigenvalue weighted by atomic mass is 32.2. The van der Waals surface area contributed by atoms with Crippen LogP contribution in [0.3, 0.4) is 0 Å². The standard InChI is InChI=1S/C19H30N2O5S/c1-5-6-7-8-15(13-21(24)14-22)18(23)20-27(25,26)17-11-9-16(10-12-17)19(2,3)4/h9-12,14-15,24H,5-8,13H2,1-4H3,(H,20,23). The lowest BCUT2D eigenvalue weighted by molar-refractivity contribution is -0.154. The molecule has 27 heavy (non-hydrogen) atoms. The molecule has 0 saturated heterocycles. The highest BCUT2D eigenvalue weighted by Crippen LogP contribution is 2.23. The summed E-state index contributed by atoms with van der Waals surface area (Å²) in [6.45, 7) is 7.81. The van der Waals surface area contributed by atoms with Crippen molar-refractivity contribution in [2.24, 2.45) is 5.92 Å². The highest BCUT2D eigenvalue weighted by Gasteiger charge is 2.26. The minimum absolute atomic E-state index is 0.00704. The van der Waals surface area contributed by atoms with Gasteiger partial charge in [-0.15, -0.1) is 0 Å². The van der Waals surface area contributed by atoms with Crippen molar-refractivity contribution in [2.45, 2.75) is 63.7 Å². The van der Waals surface area contributed by atoms with E-state index in [4.69, 9.17) is 0 Å². The van der Waals surface area contributed by atoms with Crippen molar-refractivity contribution in [1.29, 1.82) is 0 Å². The van der Waals surface area contributed by atoms with Crippen LogP contribution in [0.25, 0.3) is 0 Å². The first-order valence-electron chi connectivity index (χ1n) is 9.09. The molecule has 0 aliphatic carbocycles. The third kappa shape index (κ3) is 7.30. The average Bonchev–Trinajstić information content (AvgIpc) is 2.59. The minimum atomic E-state index is -4.03. The maximum absolute atomic E-state index is 12.5. The molecule has 2 amide bonds. The fourth-order valence-electron chi connectivity index (χ4n) is 2.62. The minimum Gasteiger partial charge on any atom is -0.286 e. The van der Waals surface area contributed by atoms with Crippen LogP contribution in [0, 0.1) is 5.92 Å². The fraction of sp³-hybridized carbons (Fsp3) is 0.579. The topological polar surface area (TPSA) is 104 Å². The lowest BCUT2D eigenvalue weighted by Crippen LogP contribution is -2.40. The molecule has 1 atom stereocenters. The number of rotatable bonds is 10. The maximum Gasteiger partial charge on any atom is 0.264 e. The van der Waals surface area contributed by atoms with Crippen LogP contribution in [0.4, 0.5) is 0 Å². The molecule has 152 valence electrons. The Bertz CT molecular complexity index is 723. The normalized spacial score (nSPS) is 13.1. The number of benzene rings is 1. The Hall–Kier alpha value is -1.93. The fourth-order valence-corrected chi connectivity index (χ4v) is 3.67. The zero-order chi connectivity index (χ0) is 20.7. The zero-order valence-electron chi connectivity index (χ0n) is 16.4. The highest BCUT2D eigenvalue weighted by molar-refractivity contribution is 7.90. The zero-order valence-corrected chi connectivity index (χ0v) is 17.3. The van der Waals surface area contributed by atoms with Crippen LogP contribution in [0.5, 0.6) is 0 Å². The van der Waals surface area contributed by atoms with E-state index in [1.807, 2.05) is 27.7 Å². The van der Waals surface area contributed by atoms with Gasteiger partial charge in [0.25, 0.3) is 10.0 Å². The second-order valence-electron chi connectivity index (χ2n) is 7.66. The molecule has 0 heterocycles. The van der Waals surface area contributed by atoms with Gasteiger partial charge in [-0.05, 0) is 29.5 Å². The second-order valence-corrected chi connectivity index (χ2v) is 9.35. The molecule has 0 saturated carbocycles. The third-order valence-corrected chi connectivity index (χ3v) is 5.68. The molecule has 1 unspecified atom stereocenters. The van der Waals surface area contributed by atoms with E-state index in [0.29, 0.717) is 17.9 Å². The average molecular weight is 399 g/mol. The first-order chi connectivity index (χ1) is 12.5. The number of nitrogens with one attached hydrogen (secondary N) is 1. The Morgan fingerprint density at radius 1 is 1.22 bits per heavy atom. The molecular weight excluding hydrogens is 368 g/mol. The molecule has 0 spiro atoms. The Morgan fingerprint density at radius 2 is 1.81 bits per heavy atom. The lowest BCUT2D eigenvalue weighted by Gasteiger charge is -2.20. The van der Waals surface area contributed by atoms with Crippen LogP contribution in [0.2, 0.25) is 0 Å². The largest absolute Gasteiger partial charge is 0.286 e. The quantitative estimate of drug-likeness (QED) is 0.273. The van der Waals surface area contributed by atoms with Gasteiger partial charge in [0, 0.05) is 0 Å². The molecule has 7 nitrogen and oxygen atoms in total. The van der Waals surface area contributed by atoms with Gasteiger partial charge in [-0.1, -0.05) is 59.1 Å². The van der Waals surface area contributed by atoms with Gasteiger partial charge < -0.3 is 0 Å². The van der Waals surface area contributed by atoms with Gasteiger partial charge in [0.15, 0.2) is 0 Å². The summed E-state index contributed by atoms with van der Waals surface area (Å²) in [5.41, 5.74) is 0.863. The van der Waals surface area contributed by atoms with Gasteiger partial charge in [-0.25, -0.2) is 18.2 Å². The van der Waals surface area contributed by atoms with E-state index < -0.39 is 21.8 Å². The predicted molar refractivity (Wildman–Crippen MR) is 103 cm³/mol. The number of carbonyl (C=O) groups excluding carboxylic acids is 2. The number of carbonyl (C=O) groups is 2. The summed E-state index contributed by atoms with van der Waals surface area (Å²) in [5.74, 6) is -1.54. The number of unbranched alkanes of at least 4 members (excludes halogenated alkanes) is 2. The number of hydrogen-bond donors (Lipinski definition) is 2. The smallest absolute Gasteiger partial charge is 0.264 e. The SMILES string of the molecule is CCCCCC(CN(O)C=O)C(=O)NS(=O)(=O)c1ccc(C(C)(C)C)cc1. The van der Waals surface area contributed by atoms with Gasteiger partial charge in [-0.2, -0.15) is 0 Å². The van der Waals surface area contributed by atoms with Gasteiger partial charge in [-0.3, -0.25) is 14.8 Å². The second kappa shape index (κ2) is 9.85. The molecule has 2 N–H and O–H groups in total. The van der Waals surface area contributed by atoms with Crippen molar-refractivity contribution >= 4 is 22.3 Å². The van der Waals surface area contributed by atoms with Crippen molar-refractivity contribution in [3.05, 3.63) is 29.8 Å². The predicted octanol–water partition coefficient (Wildman–Crippen LogP) is 2.83. The monoisotopic (exact) mass is 398 g/mol. The summed E-state index contributed by atoms with van der Waals surface area (Å²) >= 11 is 0. The molecule has 1 aromatic carbocycles. The van der Waals surface area contributed by atoms with Crippen molar-refractivity contribution in [2.75, 3.05) is 6.54 Å². The lowest BCUT2D eigenvalue weighted by atomic mass is 9.87. The van der Waals surface area contributed by atoms with E-state index in [0.717, 1.165) is 18.4 Å². The molecule has 0 fully saturated rings. The van der Waals surface area contributed by atoms with E-state index >= 15 is 0 Å². The molecule has 8 heteroatoms. The van der Waals surface area contributed by atoms with Crippen molar-refractivity contribution in [3.63, 3.8) is 0 Å². The summed E-state index contributed by atoms with van der Waals surface area (Å²) in [5, 5.41) is 9.75. The number of hydrogen-bond acceptors (Lipinski definition) is 5. The Kier molecular flexibility index (Phi) is 8.43. The van der Waals surface area contributed by atoms with Crippen molar-refractivity contribution < 1.29 is 23.2 Å². The van der Waals surface area contributed by atoms with Gasteiger partial charge in [0.1, 0.15) is 0 Å². The van der Waals surface area contributed by atoms with Crippen LogP contribution in [0.1, 0.15) is 58.9 Å². The number of sulfonamides is 1. The summed E-state index contributed by atoms with van der Waals surface area (Å²) in [4.78, 5) is 23.1. The molecule has 0 radical (unpaired) electrons. The molecule has 0 aromatic heterocycles. The van der Waals surface area contributed by atoms with Gasteiger partial charge in [0.05, 0.1) is 17.4 Å². The van der Waals surface area contributed by atoms with Crippen LogP contribution in [-0.4, -0.2) is 37.6 Å². The number of nitrogens with zero attached hydrogens (tertiary/aromatic N) is 1. The summed E-state index contributed by atoms with van der Waals surface area (Å²) < 4.78 is 27.1. The van der Waals surface area contributed by atoms with E-state index in [1.165, 1.54) is 12.1 Å². The number of amides is 2. The Balaban J connectivity index is 2.92. The van der Waals surface area contributed by atoms with E-state index in [-0.39, 0.29) is 23.3 Å². The van der Waals surface area contributed by atoms with Gasteiger partial charge >= 0.3 is 0 Å². The molecule has 1 rings (SSSR count). The first-order valence-corrected chi connectivity index (χ1v) is 10.6.